The molecular weight excluding hydrogens is 381 g/mol. The summed E-state index contributed by atoms with van der Waals surface area (Å²) >= 11 is 4.80. The summed E-state index contributed by atoms with van der Waals surface area (Å²) in [6.07, 6.45) is 0.940. The molecule has 1 heterocycles. The fourth-order valence-corrected chi connectivity index (χ4v) is 5.46. The zero-order chi connectivity index (χ0) is 17.8. The molecule has 1 atom stereocenters. The summed E-state index contributed by atoms with van der Waals surface area (Å²) in [5.74, 6) is 0. The fourth-order valence-electron chi connectivity index (χ4n) is 1.28. The van der Waals surface area contributed by atoms with Crippen molar-refractivity contribution in [1.82, 2.24) is 8.38 Å². The van der Waals surface area contributed by atoms with Crippen LogP contribution in [-0.4, -0.2) is 57.6 Å². The second kappa shape index (κ2) is 8.48. The van der Waals surface area contributed by atoms with Crippen LogP contribution in [0.2, 0.25) is 0 Å². The Kier molecular flexibility index (Phi) is 7.81. The molecule has 1 aliphatic heterocycles. The van der Waals surface area contributed by atoms with Gasteiger partial charge in [0.1, 0.15) is 5.04 Å². The van der Waals surface area contributed by atoms with Crippen molar-refractivity contribution in [3.05, 3.63) is 0 Å². The minimum Gasteiger partial charge on any atom is -0.573 e. The Bertz CT molecular complexity index is 505. The van der Waals surface area contributed by atoms with E-state index in [1.165, 1.54) is 29.9 Å². The molecule has 12 heteroatoms. The Hall–Kier alpha value is 0.130. The summed E-state index contributed by atoms with van der Waals surface area (Å²) in [4.78, 5) is 16.6. The van der Waals surface area contributed by atoms with Crippen LogP contribution >= 0.6 is 18.4 Å². The summed E-state index contributed by atoms with van der Waals surface area (Å²) in [6, 6.07) is 0. The normalized spacial score (nSPS) is 21.8. The Balaban J connectivity index is 2.70. The van der Waals surface area contributed by atoms with Crippen LogP contribution < -0.4 is 0 Å². The van der Waals surface area contributed by atoms with Gasteiger partial charge in [0.25, 0.3) is 0 Å². The first kappa shape index (κ1) is 21.2. The minimum absolute atomic E-state index is 0.153. The Morgan fingerprint density at radius 1 is 1.43 bits per heavy atom. The number of nitrogens with zero attached hydrogens (tertiary/aromatic N) is 3. The van der Waals surface area contributed by atoms with Gasteiger partial charge in [-0.05, 0) is 29.1 Å². The summed E-state index contributed by atoms with van der Waals surface area (Å²) in [6.45, 7) is 3.56. The highest BCUT2D eigenvalue weighted by Crippen LogP contribution is 2.57. The maximum absolute atomic E-state index is 12.5. The molecule has 1 unspecified atom stereocenters. The second-order valence-electron chi connectivity index (χ2n) is 5.54. The molecule has 0 aromatic rings. The van der Waals surface area contributed by atoms with Gasteiger partial charge in [0.2, 0.25) is 0 Å². The molecule has 0 aromatic carbocycles. The quantitative estimate of drug-likeness (QED) is 0.177. The van der Waals surface area contributed by atoms with Gasteiger partial charge >= 0.3 is 12.7 Å². The lowest BCUT2D eigenvalue weighted by molar-refractivity contribution is 0.0509. The summed E-state index contributed by atoms with van der Waals surface area (Å²) < 4.78 is 25.9. The highest BCUT2D eigenvalue weighted by atomic mass is 32.5. The van der Waals surface area contributed by atoms with E-state index in [-0.39, 0.29) is 5.41 Å². The standard InChI is InChI=1S/C11H22N3O5PS3/c1-9(22-6)12-19-10(15)13(4)23(16)14(5)20(21)17-7-11(2,3)8-18-20/h7-8H2,1-6H3. The van der Waals surface area contributed by atoms with E-state index in [4.69, 9.17) is 25.7 Å². The van der Waals surface area contributed by atoms with Gasteiger partial charge in [0, 0.05) is 12.5 Å². The number of oxime groups is 1. The number of hydrogen-bond acceptors (Lipinski definition) is 8. The Morgan fingerprint density at radius 3 is 2.43 bits per heavy atom. The number of carbonyl (C=O) groups excluding carboxylic acids is 1. The van der Waals surface area contributed by atoms with E-state index >= 15 is 0 Å². The van der Waals surface area contributed by atoms with E-state index in [1.807, 2.05) is 13.8 Å². The minimum atomic E-state index is -2.90. The van der Waals surface area contributed by atoms with Crippen LogP contribution in [0.15, 0.2) is 5.16 Å². The third kappa shape index (κ3) is 5.86. The van der Waals surface area contributed by atoms with Crippen LogP contribution in [0.1, 0.15) is 20.8 Å². The Morgan fingerprint density at radius 2 is 1.96 bits per heavy atom. The zero-order valence-corrected chi connectivity index (χ0v) is 17.3. The van der Waals surface area contributed by atoms with Gasteiger partial charge in [-0.25, -0.2) is 4.79 Å². The molecule has 0 spiro atoms. The van der Waals surface area contributed by atoms with Crippen molar-refractivity contribution in [3.8, 4) is 0 Å². The molecule has 1 fully saturated rings. The SMILES string of the molecule is CSC(C)=NOC(=O)N(C)[S+]([O-])N(C)P1(=S)OCC(C)(C)CO1. The highest BCUT2D eigenvalue weighted by Gasteiger charge is 2.44. The van der Waals surface area contributed by atoms with Crippen LogP contribution in [0.25, 0.3) is 0 Å². The third-order valence-electron chi connectivity index (χ3n) is 2.85. The van der Waals surface area contributed by atoms with Crippen molar-refractivity contribution in [1.29, 1.82) is 0 Å². The first-order chi connectivity index (χ1) is 10.5. The molecule has 0 aliphatic carbocycles. The number of carbonyl (C=O) groups is 1. The molecule has 8 nitrogen and oxygen atoms in total. The topological polar surface area (TPSA) is 86.7 Å². The van der Waals surface area contributed by atoms with E-state index < -0.39 is 24.3 Å². The first-order valence-electron chi connectivity index (χ1n) is 6.61. The highest BCUT2D eigenvalue weighted by molar-refractivity contribution is 8.13. The predicted molar refractivity (Wildman–Crippen MR) is 96.7 cm³/mol. The second-order valence-corrected chi connectivity index (χ2v) is 11.8. The van der Waals surface area contributed by atoms with Gasteiger partial charge in [-0.15, -0.1) is 16.1 Å². The summed E-state index contributed by atoms with van der Waals surface area (Å²) in [7, 11) is 2.82. The molecule has 0 radical (unpaired) electrons. The van der Waals surface area contributed by atoms with Gasteiger partial charge in [-0.2, -0.15) is 0 Å². The first-order valence-corrected chi connectivity index (χ1v) is 11.5. The lowest BCUT2D eigenvalue weighted by Gasteiger charge is -2.39. The van der Waals surface area contributed by atoms with Crippen LogP contribution in [0.5, 0.6) is 0 Å². The van der Waals surface area contributed by atoms with Gasteiger partial charge in [0.15, 0.2) is 11.5 Å². The maximum atomic E-state index is 12.5. The van der Waals surface area contributed by atoms with Crippen molar-refractivity contribution in [3.63, 3.8) is 0 Å². The molecule has 1 amide bonds. The van der Waals surface area contributed by atoms with Crippen LogP contribution in [0.3, 0.4) is 0 Å². The summed E-state index contributed by atoms with van der Waals surface area (Å²) in [5.41, 5.74) is -0.153. The molecule has 0 bridgehead atoms. The number of amides is 1. The van der Waals surface area contributed by atoms with Crippen LogP contribution in [0, 0.1) is 5.41 Å². The molecule has 1 saturated heterocycles. The smallest absolute Gasteiger partial charge is 0.479 e. The number of hydrogen-bond donors (Lipinski definition) is 0. The third-order valence-corrected chi connectivity index (χ3v) is 8.92. The zero-order valence-electron chi connectivity index (χ0n) is 14.0. The summed E-state index contributed by atoms with van der Waals surface area (Å²) in [5, 5.41) is 4.18. The molecule has 1 aliphatic rings. The van der Waals surface area contributed by atoms with Crippen molar-refractivity contribution < 1.29 is 23.2 Å². The van der Waals surface area contributed by atoms with Crippen LogP contribution in [0.4, 0.5) is 4.79 Å². The van der Waals surface area contributed by atoms with Gasteiger partial charge in [-0.3, -0.25) is 4.84 Å². The van der Waals surface area contributed by atoms with Crippen molar-refractivity contribution in [2.75, 3.05) is 33.6 Å². The van der Waals surface area contributed by atoms with E-state index in [1.54, 1.807) is 13.2 Å². The van der Waals surface area contributed by atoms with Crippen molar-refractivity contribution >= 4 is 52.9 Å². The molecule has 1 rings (SSSR count). The Labute approximate surface area is 149 Å². The van der Waals surface area contributed by atoms with Gasteiger partial charge < -0.3 is 13.6 Å². The van der Waals surface area contributed by atoms with E-state index in [0.29, 0.717) is 18.3 Å². The molecule has 0 aromatic heterocycles. The molecule has 134 valence electrons. The molecule has 0 saturated carbocycles. The lowest BCUT2D eigenvalue weighted by Crippen LogP contribution is -2.43. The number of thioether (sulfide) groups is 1. The fraction of sp³-hybridized carbons (Fsp3) is 0.818. The molecule has 23 heavy (non-hydrogen) atoms. The average molecular weight is 403 g/mol. The predicted octanol–water partition coefficient (Wildman–Crippen LogP) is 2.56. The maximum Gasteiger partial charge on any atom is 0.479 e. The van der Waals surface area contributed by atoms with Crippen LogP contribution in [-0.2, 0) is 37.2 Å². The monoisotopic (exact) mass is 403 g/mol. The lowest BCUT2D eigenvalue weighted by atomic mass is 9.97. The molecular formula is C11H22N3O5PS3. The average Bonchev–Trinajstić information content (AvgIpc) is 2.53. The van der Waals surface area contributed by atoms with Gasteiger partial charge in [-0.1, -0.05) is 19.0 Å². The number of rotatable bonds is 4. The van der Waals surface area contributed by atoms with Crippen molar-refractivity contribution in [2.45, 2.75) is 20.8 Å². The molecule has 0 N–H and O–H groups in total. The largest absolute Gasteiger partial charge is 0.573 e. The van der Waals surface area contributed by atoms with E-state index in [9.17, 15) is 9.35 Å². The van der Waals surface area contributed by atoms with Gasteiger partial charge in [0.05, 0.1) is 20.3 Å². The van der Waals surface area contributed by atoms with Crippen molar-refractivity contribution in [2.24, 2.45) is 10.6 Å². The van der Waals surface area contributed by atoms with E-state index in [0.717, 1.165) is 4.31 Å². The van der Waals surface area contributed by atoms with E-state index in [2.05, 4.69) is 5.16 Å².